The van der Waals surface area contributed by atoms with Crippen LogP contribution in [-0.2, 0) is 9.59 Å². The number of aliphatic carboxylic acids is 1. The Morgan fingerprint density at radius 3 is 2.50 bits per heavy atom. The molecule has 0 spiro atoms. The molecule has 1 atom stereocenters. The van der Waals surface area contributed by atoms with Gasteiger partial charge in [-0.1, -0.05) is 6.07 Å². The van der Waals surface area contributed by atoms with Crippen LogP contribution in [0.25, 0.3) is 0 Å². The van der Waals surface area contributed by atoms with Gasteiger partial charge in [0.2, 0.25) is 5.91 Å². The number of primary amides is 1. The third-order valence-corrected chi connectivity index (χ3v) is 3.16. The van der Waals surface area contributed by atoms with E-state index in [1.54, 1.807) is 6.20 Å². The van der Waals surface area contributed by atoms with Gasteiger partial charge in [0.05, 0.1) is 6.54 Å². The van der Waals surface area contributed by atoms with E-state index in [-0.39, 0.29) is 18.6 Å². The first kappa shape index (κ1) is 21.0. The number of hydrogen-bond acceptors (Lipinski definition) is 5. The molecule has 1 aromatic rings. The summed E-state index contributed by atoms with van der Waals surface area (Å²) in [5.74, 6) is -2.41. The van der Waals surface area contributed by atoms with Crippen molar-refractivity contribution in [3.63, 3.8) is 0 Å². The summed E-state index contributed by atoms with van der Waals surface area (Å²) in [7, 11) is 0. The van der Waals surface area contributed by atoms with Crippen molar-refractivity contribution in [3.05, 3.63) is 24.4 Å². The van der Waals surface area contributed by atoms with E-state index in [0.717, 1.165) is 18.8 Å². The van der Waals surface area contributed by atoms with Crippen molar-refractivity contribution >= 4 is 23.7 Å². The van der Waals surface area contributed by atoms with E-state index in [1.165, 1.54) is 0 Å². The van der Waals surface area contributed by atoms with Crippen molar-refractivity contribution in [1.82, 2.24) is 15.6 Å². The van der Waals surface area contributed by atoms with Crippen molar-refractivity contribution in [1.29, 1.82) is 0 Å². The van der Waals surface area contributed by atoms with Gasteiger partial charge in [0.15, 0.2) is 0 Å². The van der Waals surface area contributed by atoms with E-state index in [0.29, 0.717) is 6.54 Å². The van der Waals surface area contributed by atoms with Crippen molar-refractivity contribution < 1.29 is 32.7 Å². The number of nitrogens with two attached hydrogens (primary N) is 1. The fourth-order valence-electron chi connectivity index (χ4n) is 2.03. The minimum Gasteiger partial charge on any atom is -0.475 e. The second-order valence-corrected chi connectivity index (χ2v) is 5.22. The summed E-state index contributed by atoms with van der Waals surface area (Å²) >= 11 is 0. The molecule has 0 unspecified atom stereocenters. The first-order valence-corrected chi connectivity index (χ1v) is 7.38. The molecule has 9 nitrogen and oxygen atoms in total. The predicted octanol–water partition coefficient (Wildman–Crippen LogP) is 0.0781. The Kier molecular flexibility index (Phi) is 7.62. The molecule has 12 heteroatoms. The van der Waals surface area contributed by atoms with Gasteiger partial charge in [-0.3, -0.25) is 4.79 Å². The predicted molar refractivity (Wildman–Crippen MR) is 84.3 cm³/mol. The summed E-state index contributed by atoms with van der Waals surface area (Å²) in [4.78, 5) is 37.3. The molecule has 5 N–H and O–H groups in total. The lowest BCUT2D eigenvalue weighted by Crippen LogP contribution is -2.45. The number of aromatic nitrogens is 1. The van der Waals surface area contributed by atoms with E-state index in [2.05, 4.69) is 20.5 Å². The minimum atomic E-state index is -5.08. The first-order chi connectivity index (χ1) is 12.1. The van der Waals surface area contributed by atoms with Crippen LogP contribution in [0.15, 0.2) is 24.4 Å². The van der Waals surface area contributed by atoms with Gasteiger partial charge in [0.25, 0.3) is 0 Å². The number of nitrogens with one attached hydrogen (secondary N) is 2. The number of pyridine rings is 1. The Morgan fingerprint density at radius 1 is 1.35 bits per heavy atom. The zero-order chi connectivity index (χ0) is 19.7. The number of carboxylic acid groups (broad SMARTS) is 1. The van der Waals surface area contributed by atoms with Crippen LogP contribution < -0.4 is 21.3 Å². The molecule has 2 heterocycles. The molecule has 0 bridgehead atoms. The second-order valence-electron chi connectivity index (χ2n) is 5.22. The monoisotopic (exact) mass is 377 g/mol. The van der Waals surface area contributed by atoms with E-state index in [1.807, 2.05) is 18.2 Å². The molecule has 0 aliphatic carbocycles. The Bertz CT molecular complexity index is 627. The van der Waals surface area contributed by atoms with Crippen molar-refractivity contribution in [3.8, 4) is 0 Å². The molecule has 0 radical (unpaired) electrons. The van der Waals surface area contributed by atoms with Crippen LogP contribution in [0.2, 0.25) is 0 Å². The van der Waals surface area contributed by atoms with E-state index in [9.17, 15) is 22.8 Å². The standard InChI is InChI=1S/C12H17N5O2.C2HF3O2/c13-10(18)7-15-12(19)16-9-4-6-17(8-9)11-3-1-2-5-14-11;3-2(4,5)1(6)7/h1-3,5,9H,4,6-8H2,(H2,13,18)(H2,15,16,19);(H,6,7)/t9-;/m0./s1. The summed E-state index contributed by atoms with van der Waals surface area (Å²) in [6.45, 7) is 1.40. The average molecular weight is 377 g/mol. The number of alkyl halides is 3. The minimum absolute atomic E-state index is 0.0508. The molecule has 1 saturated heterocycles. The highest BCUT2D eigenvalue weighted by atomic mass is 19.4. The number of rotatable bonds is 4. The van der Waals surface area contributed by atoms with Crippen molar-refractivity contribution in [2.45, 2.75) is 18.6 Å². The number of carbonyl (C=O) groups excluding carboxylic acids is 2. The van der Waals surface area contributed by atoms with Crippen LogP contribution in [0, 0.1) is 0 Å². The van der Waals surface area contributed by atoms with Crippen LogP contribution in [0.1, 0.15) is 6.42 Å². The normalized spacial score (nSPS) is 16.3. The molecule has 3 amide bonds. The summed E-state index contributed by atoms with van der Waals surface area (Å²) in [5.41, 5.74) is 4.95. The smallest absolute Gasteiger partial charge is 0.475 e. The van der Waals surface area contributed by atoms with Crippen LogP contribution in [0.5, 0.6) is 0 Å². The zero-order valence-corrected chi connectivity index (χ0v) is 13.5. The molecule has 2 rings (SSSR count). The third-order valence-electron chi connectivity index (χ3n) is 3.16. The van der Waals surface area contributed by atoms with Crippen LogP contribution >= 0.6 is 0 Å². The fraction of sp³-hybridized carbons (Fsp3) is 0.429. The Balaban J connectivity index is 0.000000412. The maximum atomic E-state index is 11.5. The molecule has 1 aliphatic heterocycles. The highest BCUT2D eigenvalue weighted by Crippen LogP contribution is 2.17. The fourth-order valence-corrected chi connectivity index (χ4v) is 2.03. The number of carboxylic acids is 1. The number of anilines is 1. The SMILES string of the molecule is NC(=O)CNC(=O)N[C@H]1CCN(c2ccccn2)C1.O=C(O)C(F)(F)F. The van der Waals surface area contributed by atoms with Gasteiger partial charge in [0, 0.05) is 25.3 Å². The molecule has 1 aromatic heterocycles. The first-order valence-electron chi connectivity index (χ1n) is 7.38. The molecule has 1 aliphatic rings. The number of urea groups is 1. The van der Waals surface area contributed by atoms with Gasteiger partial charge >= 0.3 is 18.2 Å². The van der Waals surface area contributed by atoms with Gasteiger partial charge in [-0.05, 0) is 18.6 Å². The molecule has 144 valence electrons. The lowest BCUT2D eigenvalue weighted by atomic mass is 10.3. The maximum Gasteiger partial charge on any atom is 0.490 e. The third kappa shape index (κ3) is 7.68. The zero-order valence-electron chi connectivity index (χ0n) is 13.5. The van der Waals surface area contributed by atoms with Gasteiger partial charge in [0.1, 0.15) is 5.82 Å². The van der Waals surface area contributed by atoms with Crippen LogP contribution in [-0.4, -0.2) is 59.9 Å². The van der Waals surface area contributed by atoms with E-state index >= 15 is 0 Å². The summed E-state index contributed by atoms with van der Waals surface area (Å²) in [6.07, 6.45) is -2.49. The Hall–Kier alpha value is -3.05. The number of halogens is 3. The molecule has 1 fully saturated rings. The highest BCUT2D eigenvalue weighted by molar-refractivity contribution is 5.82. The summed E-state index contributed by atoms with van der Waals surface area (Å²) in [6, 6.07) is 5.42. The lowest BCUT2D eigenvalue weighted by Gasteiger charge is -2.17. The van der Waals surface area contributed by atoms with E-state index in [4.69, 9.17) is 15.6 Å². The number of hydrogen-bond donors (Lipinski definition) is 4. The van der Waals surface area contributed by atoms with Crippen LogP contribution in [0.4, 0.5) is 23.8 Å². The quantitative estimate of drug-likeness (QED) is 0.586. The van der Waals surface area contributed by atoms with Gasteiger partial charge < -0.3 is 26.4 Å². The lowest BCUT2D eigenvalue weighted by molar-refractivity contribution is -0.192. The largest absolute Gasteiger partial charge is 0.490 e. The summed E-state index contributed by atoms with van der Waals surface area (Å²) in [5, 5.41) is 12.3. The van der Waals surface area contributed by atoms with Gasteiger partial charge in [-0.2, -0.15) is 13.2 Å². The number of carbonyl (C=O) groups is 3. The highest BCUT2D eigenvalue weighted by Gasteiger charge is 2.38. The average Bonchev–Trinajstić information content (AvgIpc) is 3.02. The molecule has 26 heavy (non-hydrogen) atoms. The number of nitrogens with zero attached hydrogens (tertiary/aromatic N) is 2. The van der Waals surface area contributed by atoms with Crippen molar-refractivity contribution in [2.24, 2.45) is 5.73 Å². The Morgan fingerprint density at radius 2 is 2.00 bits per heavy atom. The second kappa shape index (κ2) is 9.44. The van der Waals surface area contributed by atoms with E-state index < -0.39 is 18.1 Å². The van der Waals surface area contributed by atoms with Crippen molar-refractivity contribution in [2.75, 3.05) is 24.5 Å². The molecule has 0 aromatic carbocycles. The van der Waals surface area contributed by atoms with Crippen LogP contribution in [0.3, 0.4) is 0 Å². The van der Waals surface area contributed by atoms with Gasteiger partial charge in [-0.25, -0.2) is 14.6 Å². The molecular formula is C14H18F3N5O4. The molecule has 0 saturated carbocycles. The topological polar surface area (TPSA) is 138 Å². The Labute approximate surface area is 146 Å². The molecular weight excluding hydrogens is 359 g/mol. The number of amides is 3. The van der Waals surface area contributed by atoms with Gasteiger partial charge in [-0.15, -0.1) is 0 Å². The summed E-state index contributed by atoms with van der Waals surface area (Å²) < 4.78 is 31.7. The maximum absolute atomic E-state index is 11.5.